The van der Waals surface area contributed by atoms with Gasteiger partial charge in [0.05, 0.1) is 24.5 Å². The summed E-state index contributed by atoms with van der Waals surface area (Å²) in [5.41, 5.74) is 0.380. The molecule has 0 radical (unpaired) electrons. The molecule has 0 atom stereocenters. The van der Waals surface area contributed by atoms with E-state index < -0.39 is 12.3 Å². The lowest BCUT2D eigenvalue weighted by molar-refractivity contribution is -0.160. The van der Waals surface area contributed by atoms with Gasteiger partial charge in [-0.1, -0.05) is 0 Å². The first-order valence-corrected chi connectivity index (χ1v) is 10.8. The van der Waals surface area contributed by atoms with Crippen LogP contribution in [0.2, 0.25) is 0 Å². The normalized spacial score (nSPS) is 26.2. The minimum atomic E-state index is -1.32. The lowest BCUT2D eigenvalue weighted by Gasteiger charge is -2.31. The molecule has 170 valence electrons. The Balaban J connectivity index is 1.40. The van der Waals surface area contributed by atoms with Crippen LogP contribution in [-0.4, -0.2) is 47.6 Å². The maximum absolute atomic E-state index is 12.4. The average molecular weight is 434 g/mol. The first kappa shape index (κ1) is 23.2. The zero-order chi connectivity index (χ0) is 22.4. The second-order valence-corrected chi connectivity index (χ2v) is 8.37. The fraction of sp³-hybridized carbons (Fsp3) is 0.609. The number of ether oxygens (including phenoxy) is 3. The van der Waals surface area contributed by atoms with Gasteiger partial charge >= 0.3 is 17.9 Å². The molecule has 2 saturated carbocycles. The first-order chi connectivity index (χ1) is 14.9. The predicted molar refractivity (Wildman–Crippen MR) is 109 cm³/mol. The summed E-state index contributed by atoms with van der Waals surface area (Å²) in [5, 5.41) is 18.5. The van der Waals surface area contributed by atoms with Crippen molar-refractivity contribution in [3.8, 4) is 5.75 Å². The molecule has 0 bridgehead atoms. The fourth-order valence-corrected chi connectivity index (χ4v) is 4.31. The molecule has 0 unspecified atom stereocenters. The molecule has 0 spiro atoms. The van der Waals surface area contributed by atoms with E-state index in [9.17, 15) is 24.6 Å². The van der Waals surface area contributed by atoms with Gasteiger partial charge in [-0.05, 0) is 75.6 Å². The zero-order valence-corrected chi connectivity index (χ0v) is 17.7. The Bertz CT molecular complexity index is 756. The molecule has 0 saturated heterocycles. The van der Waals surface area contributed by atoms with Crippen molar-refractivity contribution in [1.29, 1.82) is 0 Å². The lowest BCUT2D eigenvalue weighted by Crippen LogP contribution is -2.33. The number of esters is 3. The van der Waals surface area contributed by atoms with Crippen LogP contribution in [0.1, 0.15) is 61.7 Å². The van der Waals surface area contributed by atoms with Crippen LogP contribution < -0.4 is 4.74 Å². The van der Waals surface area contributed by atoms with Crippen molar-refractivity contribution in [1.82, 2.24) is 0 Å². The number of aliphatic hydroxyl groups excluding tert-OH is 1. The van der Waals surface area contributed by atoms with Crippen molar-refractivity contribution >= 4 is 17.9 Å². The highest BCUT2D eigenvalue weighted by Crippen LogP contribution is 2.33. The van der Waals surface area contributed by atoms with Crippen molar-refractivity contribution in [3.05, 3.63) is 29.8 Å². The summed E-state index contributed by atoms with van der Waals surface area (Å²) in [6.07, 6.45) is 3.30. The van der Waals surface area contributed by atoms with E-state index in [1.807, 2.05) is 0 Å². The Kier molecular flexibility index (Phi) is 8.03. The number of carbonyl (C=O) groups is 3. The van der Waals surface area contributed by atoms with Gasteiger partial charge < -0.3 is 24.4 Å². The second kappa shape index (κ2) is 10.7. The summed E-state index contributed by atoms with van der Waals surface area (Å²) < 4.78 is 15.7. The SMILES string of the molecule is COC(=O)c1ccc(OC(=O)C2CCC(OC(=O)C3CCC(C(O)O)CC3)CC2)cc1. The molecule has 0 aliphatic heterocycles. The van der Waals surface area contributed by atoms with Gasteiger partial charge in [0, 0.05) is 5.92 Å². The van der Waals surface area contributed by atoms with E-state index in [4.69, 9.17) is 9.47 Å². The highest BCUT2D eigenvalue weighted by atomic mass is 16.5. The van der Waals surface area contributed by atoms with Gasteiger partial charge in [-0.3, -0.25) is 9.59 Å². The molecule has 2 aliphatic carbocycles. The predicted octanol–water partition coefficient (Wildman–Crippen LogP) is 2.60. The van der Waals surface area contributed by atoms with Gasteiger partial charge in [-0.2, -0.15) is 0 Å². The molecule has 8 nitrogen and oxygen atoms in total. The number of rotatable bonds is 6. The summed E-state index contributed by atoms with van der Waals surface area (Å²) in [4.78, 5) is 36.3. The van der Waals surface area contributed by atoms with Crippen molar-refractivity contribution in [2.45, 2.75) is 63.8 Å². The van der Waals surface area contributed by atoms with Gasteiger partial charge in [0.25, 0.3) is 0 Å². The topological polar surface area (TPSA) is 119 Å². The number of hydrogen-bond donors (Lipinski definition) is 2. The maximum Gasteiger partial charge on any atom is 0.337 e. The van der Waals surface area contributed by atoms with Crippen molar-refractivity contribution in [2.75, 3.05) is 7.11 Å². The van der Waals surface area contributed by atoms with E-state index in [1.54, 1.807) is 24.3 Å². The average Bonchev–Trinajstić information content (AvgIpc) is 2.79. The van der Waals surface area contributed by atoms with E-state index in [0.29, 0.717) is 62.7 Å². The van der Waals surface area contributed by atoms with Crippen LogP contribution in [0.25, 0.3) is 0 Å². The highest BCUT2D eigenvalue weighted by Gasteiger charge is 2.34. The molecule has 1 aromatic carbocycles. The lowest BCUT2D eigenvalue weighted by atomic mass is 9.81. The van der Waals surface area contributed by atoms with Crippen LogP contribution in [0.15, 0.2) is 24.3 Å². The van der Waals surface area contributed by atoms with Crippen LogP contribution in [-0.2, 0) is 19.1 Å². The van der Waals surface area contributed by atoms with E-state index in [0.717, 1.165) is 0 Å². The quantitative estimate of drug-likeness (QED) is 0.398. The van der Waals surface area contributed by atoms with E-state index in [1.165, 1.54) is 7.11 Å². The minimum Gasteiger partial charge on any atom is -0.465 e. The van der Waals surface area contributed by atoms with E-state index >= 15 is 0 Å². The maximum atomic E-state index is 12.4. The molecule has 1 aromatic rings. The van der Waals surface area contributed by atoms with Gasteiger partial charge in [0.15, 0.2) is 6.29 Å². The fourth-order valence-electron chi connectivity index (χ4n) is 4.31. The van der Waals surface area contributed by atoms with Gasteiger partial charge in [0.1, 0.15) is 11.9 Å². The summed E-state index contributed by atoms with van der Waals surface area (Å²) in [6, 6.07) is 6.20. The summed E-state index contributed by atoms with van der Waals surface area (Å²) in [5.74, 6) is -1.23. The van der Waals surface area contributed by atoms with Crippen molar-refractivity contribution < 1.29 is 38.8 Å². The van der Waals surface area contributed by atoms with Gasteiger partial charge in [0.2, 0.25) is 0 Å². The van der Waals surface area contributed by atoms with Crippen LogP contribution in [0, 0.1) is 17.8 Å². The molecule has 8 heteroatoms. The Morgan fingerprint density at radius 2 is 1.39 bits per heavy atom. The molecular weight excluding hydrogens is 404 g/mol. The molecule has 2 fully saturated rings. The molecule has 0 heterocycles. The summed E-state index contributed by atoms with van der Waals surface area (Å²) in [7, 11) is 1.30. The Hall–Kier alpha value is -2.45. The van der Waals surface area contributed by atoms with Crippen LogP contribution >= 0.6 is 0 Å². The molecule has 0 aromatic heterocycles. The van der Waals surface area contributed by atoms with Crippen molar-refractivity contribution in [2.24, 2.45) is 17.8 Å². The smallest absolute Gasteiger partial charge is 0.337 e. The minimum absolute atomic E-state index is 0.165. The third-order valence-electron chi connectivity index (χ3n) is 6.31. The molecule has 2 aliphatic rings. The van der Waals surface area contributed by atoms with Crippen LogP contribution in [0.5, 0.6) is 5.75 Å². The van der Waals surface area contributed by atoms with Gasteiger partial charge in [-0.25, -0.2) is 4.79 Å². The summed E-state index contributed by atoms with van der Waals surface area (Å²) >= 11 is 0. The standard InChI is InChI=1S/C23H30O8/c1-29-21(26)15-6-10-18(11-7-15)31-23(28)17-8-12-19(13-9-17)30-22(27)16-4-2-14(3-5-16)20(24)25/h6-7,10-11,14,16-17,19-20,24-25H,2-5,8-9,12-13H2,1H3. The Labute approximate surface area is 181 Å². The number of hydrogen-bond acceptors (Lipinski definition) is 8. The van der Waals surface area contributed by atoms with E-state index in [2.05, 4.69) is 4.74 Å². The number of carbonyl (C=O) groups excluding carboxylic acids is 3. The third kappa shape index (κ3) is 6.27. The Morgan fingerprint density at radius 3 is 1.94 bits per heavy atom. The largest absolute Gasteiger partial charge is 0.465 e. The third-order valence-corrected chi connectivity index (χ3v) is 6.31. The number of aliphatic hydroxyl groups is 2. The molecular formula is C23H30O8. The monoisotopic (exact) mass is 434 g/mol. The Morgan fingerprint density at radius 1 is 0.839 bits per heavy atom. The van der Waals surface area contributed by atoms with Crippen LogP contribution in [0.4, 0.5) is 0 Å². The first-order valence-electron chi connectivity index (χ1n) is 10.8. The molecule has 0 amide bonds. The number of methoxy groups -OCH3 is 1. The molecule has 3 rings (SSSR count). The van der Waals surface area contributed by atoms with Gasteiger partial charge in [-0.15, -0.1) is 0 Å². The molecule has 2 N–H and O–H groups in total. The van der Waals surface area contributed by atoms with Crippen molar-refractivity contribution in [3.63, 3.8) is 0 Å². The zero-order valence-electron chi connectivity index (χ0n) is 17.7. The van der Waals surface area contributed by atoms with Crippen LogP contribution in [0.3, 0.4) is 0 Å². The second-order valence-electron chi connectivity index (χ2n) is 8.37. The summed E-state index contributed by atoms with van der Waals surface area (Å²) in [6.45, 7) is 0. The number of benzene rings is 1. The molecule has 31 heavy (non-hydrogen) atoms. The highest BCUT2D eigenvalue weighted by molar-refractivity contribution is 5.89. The van der Waals surface area contributed by atoms with E-state index in [-0.39, 0.29) is 35.8 Å².